The molecule has 1 aromatic heterocycles. The Bertz CT molecular complexity index is 534. The minimum absolute atomic E-state index is 0.0727. The van der Waals surface area contributed by atoms with Gasteiger partial charge in [-0.3, -0.25) is 9.48 Å². The van der Waals surface area contributed by atoms with Crippen molar-refractivity contribution in [1.29, 1.82) is 0 Å². The van der Waals surface area contributed by atoms with Crippen molar-refractivity contribution < 1.29 is 9.90 Å². The summed E-state index contributed by atoms with van der Waals surface area (Å²) in [7, 11) is 1.81. The Morgan fingerprint density at radius 1 is 1.47 bits per heavy atom. The molecule has 5 heteroatoms. The molecule has 0 radical (unpaired) electrons. The number of amides is 1. The van der Waals surface area contributed by atoms with Crippen LogP contribution in [0.25, 0.3) is 10.9 Å². The normalized spacial score (nSPS) is 10.7. The number of nitrogens with zero attached hydrogens (tertiary/aromatic N) is 2. The van der Waals surface area contributed by atoms with Crippen molar-refractivity contribution in [2.45, 2.75) is 6.42 Å². The monoisotopic (exact) mass is 233 g/mol. The highest BCUT2D eigenvalue weighted by atomic mass is 16.3. The summed E-state index contributed by atoms with van der Waals surface area (Å²) < 4.78 is 1.69. The molecule has 0 aliphatic rings. The van der Waals surface area contributed by atoms with Gasteiger partial charge in [0, 0.05) is 25.6 Å². The zero-order valence-corrected chi connectivity index (χ0v) is 9.68. The number of para-hydroxylation sites is 1. The molecular formula is C12H15N3O2. The van der Waals surface area contributed by atoms with Crippen LogP contribution in [0.4, 0.5) is 0 Å². The van der Waals surface area contributed by atoms with Gasteiger partial charge in [0.1, 0.15) is 0 Å². The molecule has 0 saturated heterocycles. The summed E-state index contributed by atoms with van der Waals surface area (Å²) in [5, 5.41) is 16.4. The third kappa shape index (κ3) is 2.29. The van der Waals surface area contributed by atoms with Crippen molar-refractivity contribution in [3.63, 3.8) is 0 Å². The highest BCUT2D eigenvalue weighted by molar-refractivity contribution is 6.04. The molecule has 0 bridgehead atoms. The maximum atomic E-state index is 11.9. The van der Waals surface area contributed by atoms with E-state index in [-0.39, 0.29) is 12.5 Å². The second-order valence-electron chi connectivity index (χ2n) is 3.82. The van der Waals surface area contributed by atoms with Gasteiger partial charge in [0.2, 0.25) is 0 Å². The van der Waals surface area contributed by atoms with E-state index in [4.69, 9.17) is 5.11 Å². The van der Waals surface area contributed by atoms with Crippen molar-refractivity contribution >= 4 is 16.8 Å². The van der Waals surface area contributed by atoms with Gasteiger partial charge >= 0.3 is 0 Å². The predicted octanol–water partition coefficient (Wildman–Crippen LogP) is 0.685. The summed E-state index contributed by atoms with van der Waals surface area (Å²) in [4.78, 5) is 11.9. The van der Waals surface area contributed by atoms with E-state index in [1.165, 1.54) is 0 Å². The number of benzene rings is 1. The molecule has 0 aliphatic heterocycles. The molecule has 1 amide bonds. The molecule has 0 atom stereocenters. The molecule has 1 heterocycles. The number of fused-ring (bicyclic) bond motifs is 1. The van der Waals surface area contributed by atoms with Crippen LogP contribution in [0, 0.1) is 0 Å². The summed E-state index contributed by atoms with van der Waals surface area (Å²) in [6.07, 6.45) is 0.552. The molecule has 2 N–H and O–H groups in total. The van der Waals surface area contributed by atoms with Crippen LogP contribution in [0.1, 0.15) is 16.9 Å². The molecule has 2 aromatic rings. The Hall–Kier alpha value is -1.88. The molecular weight excluding hydrogens is 218 g/mol. The number of aliphatic hydroxyl groups excluding tert-OH is 1. The molecule has 0 saturated carbocycles. The zero-order chi connectivity index (χ0) is 12.3. The van der Waals surface area contributed by atoms with Crippen LogP contribution in [0.2, 0.25) is 0 Å². The Morgan fingerprint density at radius 3 is 3.00 bits per heavy atom. The summed E-state index contributed by atoms with van der Waals surface area (Å²) in [5.41, 5.74) is 1.36. The lowest BCUT2D eigenvalue weighted by Gasteiger charge is -2.01. The number of aromatic nitrogens is 2. The summed E-state index contributed by atoms with van der Waals surface area (Å²) in [6, 6.07) is 7.60. The number of carbonyl (C=O) groups is 1. The zero-order valence-electron chi connectivity index (χ0n) is 9.68. The fourth-order valence-electron chi connectivity index (χ4n) is 1.75. The Labute approximate surface area is 99.1 Å². The van der Waals surface area contributed by atoms with Gasteiger partial charge in [-0.2, -0.15) is 5.10 Å². The van der Waals surface area contributed by atoms with E-state index >= 15 is 0 Å². The smallest absolute Gasteiger partial charge is 0.272 e. The van der Waals surface area contributed by atoms with Crippen LogP contribution in [0.5, 0.6) is 0 Å². The minimum Gasteiger partial charge on any atom is -0.396 e. The van der Waals surface area contributed by atoms with Crippen LogP contribution < -0.4 is 5.32 Å². The lowest BCUT2D eigenvalue weighted by molar-refractivity contribution is 0.0947. The maximum absolute atomic E-state index is 11.9. The first kappa shape index (κ1) is 11.6. The lowest BCUT2D eigenvalue weighted by Crippen LogP contribution is -2.25. The van der Waals surface area contributed by atoms with E-state index in [0.717, 1.165) is 10.9 Å². The van der Waals surface area contributed by atoms with Gasteiger partial charge in [0.25, 0.3) is 5.91 Å². The van der Waals surface area contributed by atoms with Gasteiger partial charge in [0.05, 0.1) is 5.52 Å². The predicted molar refractivity (Wildman–Crippen MR) is 64.8 cm³/mol. The van der Waals surface area contributed by atoms with E-state index in [1.807, 2.05) is 31.3 Å². The van der Waals surface area contributed by atoms with Gasteiger partial charge in [-0.25, -0.2) is 0 Å². The Balaban J connectivity index is 2.26. The number of hydrogen-bond acceptors (Lipinski definition) is 3. The van der Waals surface area contributed by atoms with Crippen LogP contribution in [-0.2, 0) is 7.05 Å². The third-order valence-corrected chi connectivity index (χ3v) is 2.59. The van der Waals surface area contributed by atoms with E-state index in [2.05, 4.69) is 10.4 Å². The number of carbonyl (C=O) groups excluding carboxylic acids is 1. The van der Waals surface area contributed by atoms with Crippen molar-refractivity contribution in [3.8, 4) is 0 Å². The lowest BCUT2D eigenvalue weighted by atomic mass is 10.2. The summed E-state index contributed by atoms with van der Waals surface area (Å²) >= 11 is 0. The molecule has 0 unspecified atom stereocenters. The fourth-order valence-corrected chi connectivity index (χ4v) is 1.75. The number of rotatable bonds is 4. The molecule has 0 aliphatic carbocycles. The van der Waals surface area contributed by atoms with Crippen LogP contribution >= 0.6 is 0 Å². The molecule has 0 spiro atoms. The van der Waals surface area contributed by atoms with Gasteiger partial charge in [-0.15, -0.1) is 0 Å². The Kier molecular flexibility index (Phi) is 3.39. The fraction of sp³-hybridized carbons (Fsp3) is 0.333. The average molecular weight is 233 g/mol. The molecule has 0 fully saturated rings. The molecule has 1 aromatic carbocycles. The standard InChI is InChI=1S/C12H15N3O2/c1-15-10-6-3-2-5-9(10)11(14-15)12(17)13-7-4-8-16/h2-3,5-6,16H,4,7-8H2,1H3,(H,13,17). The maximum Gasteiger partial charge on any atom is 0.272 e. The van der Waals surface area contributed by atoms with Crippen molar-refractivity contribution in [1.82, 2.24) is 15.1 Å². The van der Waals surface area contributed by atoms with E-state index in [0.29, 0.717) is 18.7 Å². The average Bonchev–Trinajstić information content (AvgIpc) is 2.68. The highest BCUT2D eigenvalue weighted by Crippen LogP contribution is 2.16. The second-order valence-corrected chi connectivity index (χ2v) is 3.82. The molecule has 2 rings (SSSR count). The topological polar surface area (TPSA) is 67.2 Å². The summed E-state index contributed by atoms with van der Waals surface area (Å²) in [6.45, 7) is 0.531. The number of aryl methyl sites for hydroxylation is 1. The van der Waals surface area contributed by atoms with E-state index < -0.39 is 0 Å². The van der Waals surface area contributed by atoms with Crippen molar-refractivity contribution in [2.24, 2.45) is 7.05 Å². The van der Waals surface area contributed by atoms with Crippen molar-refractivity contribution in [2.75, 3.05) is 13.2 Å². The van der Waals surface area contributed by atoms with Gasteiger partial charge < -0.3 is 10.4 Å². The largest absolute Gasteiger partial charge is 0.396 e. The van der Waals surface area contributed by atoms with Crippen molar-refractivity contribution in [3.05, 3.63) is 30.0 Å². The van der Waals surface area contributed by atoms with Crippen LogP contribution in [0.3, 0.4) is 0 Å². The number of nitrogens with one attached hydrogen (secondary N) is 1. The summed E-state index contributed by atoms with van der Waals surface area (Å²) in [5.74, 6) is -0.199. The van der Waals surface area contributed by atoms with Crippen LogP contribution in [0.15, 0.2) is 24.3 Å². The highest BCUT2D eigenvalue weighted by Gasteiger charge is 2.14. The first-order chi connectivity index (χ1) is 8.24. The van der Waals surface area contributed by atoms with Gasteiger partial charge in [-0.05, 0) is 12.5 Å². The van der Waals surface area contributed by atoms with E-state index in [9.17, 15) is 4.79 Å². The SMILES string of the molecule is Cn1nc(C(=O)NCCCO)c2ccccc21. The Morgan fingerprint density at radius 2 is 2.24 bits per heavy atom. The number of aliphatic hydroxyl groups is 1. The quantitative estimate of drug-likeness (QED) is 0.763. The first-order valence-electron chi connectivity index (χ1n) is 5.55. The second kappa shape index (κ2) is 4.97. The van der Waals surface area contributed by atoms with Crippen LogP contribution in [-0.4, -0.2) is 33.9 Å². The molecule has 90 valence electrons. The first-order valence-corrected chi connectivity index (χ1v) is 5.55. The van der Waals surface area contributed by atoms with E-state index in [1.54, 1.807) is 4.68 Å². The minimum atomic E-state index is -0.199. The van der Waals surface area contributed by atoms with Gasteiger partial charge in [-0.1, -0.05) is 18.2 Å². The molecule has 5 nitrogen and oxygen atoms in total. The third-order valence-electron chi connectivity index (χ3n) is 2.59. The molecule has 17 heavy (non-hydrogen) atoms. The van der Waals surface area contributed by atoms with Gasteiger partial charge in [0.15, 0.2) is 5.69 Å². The number of hydrogen-bond donors (Lipinski definition) is 2.